The number of rotatable bonds is 5. The second-order valence-electron chi connectivity index (χ2n) is 3.29. The third kappa shape index (κ3) is 3.46. The summed E-state index contributed by atoms with van der Waals surface area (Å²) in [7, 11) is 0. The van der Waals surface area contributed by atoms with Gasteiger partial charge in [0.05, 0.1) is 11.8 Å². The Hall–Kier alpha value is -1.70. The Morgan fingerprint density at radius 2 is 1.75 bits per heavy atom. The molecule has 1 N–H and O–H groups in total. The summed E-state index contributed by atoms with van der Waals surface area (Å²) in [6.07, 6.45) is 1.79. The first-order valence-corrected chi connectivity index (χ1v) is 4.90. The van der Waals surface area contributed by atoms with Gasteiger partial charge in [0.2, 0.25) is 0 Å². The van der Waals surface area contributed by atoms with Crippen LogP contribution in [0.5, 0.6) is 0 Å². The van der Waals surface area contributed by atoms with Gasteiger partial charge in [-0.3, -0.25) is 0 Å². The smallest absolute Gasteiger partial charge is 0.161 e. The van der Waals surface area contributed by atoms with E-state index in [9.17, 15) is 13.2 Å². The fourth-order valence-electron chi connectivity index (χ4n) is 1.21. The fraction of sp³-hybridized carbons (Fsp3) is 0.364. The predicted molar refractivity (Wildman–Crippen MR) is 54.3 cm³/mol. The van der Waals surface area contributed by atoms with Crippen molar-refractivity contribution in [3.63, 3.8) is 0 Å². The predicted octanol–water partition coefficient (Wildman–Crippen LogP) is 3.21. The van der Waals surface area contributed by atoms with E-state index in [1.54, 1.807) is 0 Å². The molecule has 0 aliphatic rings. The second-order valence-corrected chi connectivity index (χ2v) is 3.29. The lowest BCUT2D eigenvalue weighted by molar-refractivity contribution is 0.496. The van der Waals surface area contributed by atoms with E-state index in [0.717, 1.165) is 6.07 Å². The van der Waals surface area contributed by atoms with Crippen LogP contribution >= 0.6 is 0 Å². The molecule has 16 heavy (non-hydrogen) atoms. The molecular weight excluding hydrogens is 217 g/mol. The van der Waals surface area contributed by atoms with Crippen LogP contribution in [0.25, 0.3) is 0 Å². The first-order valence-electron chi connectivity index (χ1n) is 4.90. The molecule has 0 aromatic heterocycles. The van der Waals surface area contributed by atoms with Crippen LogP contribution < -0.4 is 5.32 Å². The maximum atomic E-state index is 13.1. The molecule has 0 aliphatic carbocycles. The molecular formula is C11H11F3N2. The SMILES string of the molecule is N#CCCCCNc1cc(F)c(F)cc1F. The minimum Gasteiger partial charge on any atom is -0.383 e. The number of hydrogen-bond donors (Lipinski definition) is 1. The van der Waals surface area contributed by atoms with Gasteiger partial charge in [-0.05, 0) is 12.8 Å². The van der Waals surface area contributed by atoms with E-state index in [-0.39, 0.29) is 5.69 Å². The van der Waals surface area contributed by atoms with E-state index in [0.29, 0.717) is 31.9 Å². The number of nitrogens with zero attached hydrogens (tertiary/aromatic N) is 1. The fourth-order valence-corrected chi connectivity index (χ4v) is 1.21. The van der Waals surface area contributed by atoms with Gasteiger partial charge in [-0.1, -0.05) is 0 Å². The number of nitriles is 1. The Balaban J connectivity index is 2.48. The molecule has 1 aromatic rings. The molecule has 0 unspecified atom stereocenters. The van der Waals surface area contributed by atoms with Gasteiger partial charge in [-0.2, -0.15) is 5.26 Å². The maximum Gasteiger partial charge on any atom is 0.161 e. The standard InChI is InChI=1S/C11H11F3N2/c12-8-6-10(14)11(7-9(8)13)16-5-3-1-2-4-15/h6-7,16H,1-3,5H2. The van der Waals surface area contributed by atoms with E-state index in [4.69, 9.17) is 5.26 Å². The summed E-state index contributed by atoms with van der Waals surface area (Å²) in [6.45, 7) is 0.420. The molecule has 0 bridgehead atoms. The van der Waals surface area contributed by atoms with E-state index in [1.807, 2.05) is 6.07 Å². The van der Waals surface area contributed by atoms with E-state index in [1.165, 1.54) is 0 Å². The van der Waals surface area contributed by atoms with Crippen molar-refractivity contribution >= 4 is 5.69 Å². The Morgan fingerprint density at radius 1 is 1.06 bits per heavy atom. The van der Waals surface area contributed by atoms with E-state index >= 15 is 0 Å². The van der Waals surface area contributed by atoms with Crippen LogP contribution in [0.1, 0.15) is 19.3 Å². The number of unbranched alkanes of at least 4 members (excludes halogenated alkanes) is 2. The lowest BCUT2D eigenvalue weighted by Gasteiger charge is -2.07. The van der Waals surface area contributed by atoms with E-state index in [2.05, 4.69) is 5.32 Å². The van der Waals surface area contributed by atoms with Crippen molar-refractivity contribution in [3.05, 3.63) is 29.6 Å². The van der Waals surface area contributed by atoms with Gasteiger partial charge in [0.1, 0.15) is 5.82 Å². The number of anilines is 1. The summed E-state index contributed by atoms with van der Waals surface area (Å²) in [5, 5.41) is 10.9. The summed E-state index contributed by atoms with van der Waals surface area (Å²) in [6, 6.07) is 3.28. The van der Waals surface area contributed by atoms with Crippen LogP contribution in [0.3, 0.4) is 0 Å². The van der Waals surface area contributed by atoms with E-state index < -0.39 is 17.5 Å². The molecule has 0 fully saturated rings. The quantitative estimate of drug-likeness (QED) is 0.620. The van der Waals surface area contributed by atoms with Crippen LogP contribution in [0.2, 0.25) is 0 Å². The minimum absolute atomic E-state index is 0.0594. The molecule has 0 saturated heterocycles. The van der Waals surface area contributed by atoms with Crippen LogP contribution in [0, 0.1) is 28.8 Å². The monoisotopic (exact) mass is 228 g/mol. The van der Waals surface area contributed by atoms with Crippen molar-refractivity contribution in [3.8, 4) is 6.07 Å². The lowest BCUT2D eigenvalue weighted by atomic mass is 10.2. The van der Waals surface area contributed by atoms with Gasteiger partial charge in [0.25, 0.3) is 0 Å². The molecule has 86 valence electrons. The molecule has 0 amide bonds. The van der Waals surface area contributed by atoms with Gasteiger partial charge >= 0.3 is 0 Å². The third-order valence-electron chi connectivity index (χ3n) is 2.04. The molecule has 0 saturated carbocycles. The van der Waals surface area contributed by atoms with Crippen molar-refractivity contribution in [2.24, 2.45) is 0 Å². The number of hydrogen-bond acceptors (Lipinski definition) is 2. The maximum absolute atomic E-state index is 13.1. The molecule has 1 aromatic carbocycles. The number of halogens is 3. The topological polar surface area (TPSA) is 35.8 Å². The lowest BCUT2D eigenvalue weighted by Crippen LogP contribution is -2.04. The Labute approximate surface area is 91.7 Å². The first-order chi connectivity index (χ1) is 7.65. The van der Waals surface area contributed by atoms with Gasteiger partial charge in [0.15, 0.2) is 11.6 Å². The normalized spacial score (nSPS) is 9.88. The van der Waals surface area contributed by atoms with Crippen molar-refractivity contribution in [1.82, 2.24) is 0 Å². The zero-order valence-electron chi connectivity index (χ0n) is 8.56. The first kappa shape index (κ1) is 12.4. The zero-order chi connectivity index (χ0) is 12.0. The molecule has 5 heteroatoms. The van der Waals surface area contributed by atoms with Gasteiger partial charge in [-0.15, -0.1) is 0 Å². The van der Waals surface area contributed by atoms with Crippen LogP contribution in [0.15, 0.2) is 12.1 Å². The van der Waals surface area contributed by atoms with Crippen molar-refractivity contribution in [2.45, 2.75) is 19.3 Å². The van der Waals surface area contributed by atoms with Gasteiger partial charge in [0, 0.05) is 25.1 Å². The molecule has 0 spiro atoms. The largest absolute Gasteiger partial charge is 0.383 e. The highest BCUT2D eigenvalue weighted by atomic mass is 19.2. The van der Waals surface area contributed by atoms with Crippen molar-refractivity contribution in [1.29, 1.82) is 5.26 Å². The third-order valence-corrected chi connectivity index (χ3v) is 2.04. The second kappa shape index (κ2) is 6.01. The Bertz CT molecular complexity index is 399. The van der Waals surface area contributed by atoms with Crippen molar-refractivity contribution < 1.29 is 13.2 Å². The summed E-state index contributed by atoms with van der Waals surface area (Å²) in [5.41, 5.74) is -0.0594. The molecule has 0 atom stereocenters. The summed E-state index contributed by atoms with van der Waals surface area (Å²) in [5.74, 6) is -3.10. The highest BCUT2D eigenvalue weighted by Crippen LogP contribution is 2.18. The summed E-state index contributed by atoms with van der Waals surface area (Å²) in [4.78, 5) is 0. The highest BCUT2D eigenvalue weighted by Gasteiger charge is 2.08. The number of nitrogens with one attached hydrogen (secondary N) is 1. The molecule has 0 heterocycles. The average Bonchev–Trinajstić information content (AvgIpc) is 2.25. The Kier molecular flexibility index (Phi) is 4.65. The molecule has 0 aliphatic heterocycles. The highest BCUT2D eigenvalue weighted by molar-refractivity contribution is 5.45. The van der Waals surface area contributed by atoms with Gasteiger partial charge in [-0.25, -0.2) is 13.2 Å². The van der Waals surface area contributed by atoms with Gasteiger partial charge < -0.3 is 5.32 Å². The van der Waals surface area contributed by atoms with Crippen LogP contribution in [0.4, 0.5) is 18.9 Å². The van der Waals surface area contributed by atoms with Crippen LogP contribution in [-0.4, -0.2) is 6.54 Å². The minimum atomic E-state index is -1.20. The zero-order valence-corrected chi connectivity index (χ0v) is 8.56. The van der Waals surface area contributed by atoms with Crippen molar-refractivity contribution in [2.75, 3.05) is 11.9 Å². The van der Waals surface area contributed by atoms with Crippen LogP contribution in [-0.2, 0) is 0 Å². The summed E-state index contributed by atoms with van der Waals surface area (Å²) < 4.78 is 38.4. The molecule has 2 nitrogen and oxygen atoms in total. The average molecular weight is 228 g/mol. The summed E-state index contributed by atoms with van der Waals surface area (Å²) >= 11 is 0. The molecule has 0 radical (unpaired) electrons. The Morgan fingerprint density at radius 3 is 2.44 bits per heavy atom. The molecule has 1 rings (SSSR count). The number of benzene rings is 1.